The fourth-order valence-electron chi connectivity index (χ4n) is 2.06. The van der Waals surface area contributed by atoms with E-state index in [2.05, 4.69) is 9.97 Å². The van der Waals surface area contributed by atoms with E-state index in [1.165, 1.54) is 6.20 Å². The lowest BCUT2D eigenvalue weighted by Gasteiger charge is -2.12. The van der Waals surface area contributed by atoms with Crippen LogP contribution in [-0.2, 0) is 0 Å². The van der Waals surface area contributed by atoms with Crippen LogP contribution in [-0.4, -0.2) is 27.7 Å². The zero-order chi connectivity index (χ0) is 15.4. The molecule has 0 radical (unpaired) electrons. The Bertz CT molecular complexity index is 654. The number of nitrogens with zero attached hydrogens (tertiary/aromatic N) is 2. The minimum absolute atomic E-state index is 0.00268. The maximum Gasteiger partial charge on any atom is 0.339 e. The van der Waals surface area contributed by atoms with Crippen LogP contribution < -0.4 is 4.74 Å². The number of hydrogen-bond donors (Lipinski definition) is 1. The number of para-hydroxylation sites is 1. The first-order valence-corrected chi connectivity index (χ1v) is 6.87. The summed E-state index contributed by atoms with van der Waals surface area (Å²) in [6.07, 6.45) is 1.36. The molecule has 0 fully saturated rings. The number of aromatic carboxylic acids is 1. The van der Waals surface area contributed by atoms with Gasteiger partial charge in [-0.25, -0.2) is 14.8 Å². The van der Waals surface area contributed by atoms with Gasteiger partial charge in [0.15, 0.2) is 5.82 Å². The Hall–Kier alpha value is -2.43. The second-order valence-corrected chi connectivity index (χ2v) is 4.88. The molecule has 0 aliphatic rings. The maximum absolute atomic E-state index is 11.2. The van der Waals surface area contributed by atoms with Gasteiger partial charge in [0.2, 0.25) is 0 Å². The monoisotopic (exact) mass is 286 g/mol. The molecular formula is C16H18N2O3. The van der Waals surface area contributed by atoms with Gasteiger partial charge in [-0.1, -0.05) is 26.0 Å². The van der Waals surface area contributed by atoms with Crippen molar-refractivity contribution in [3.8, 4) is 17.1 Å². The number of aromatic nitrogens is 2. The van der Waals surface area contributed by atoms with Gasteiger partial charge in [0, 0.05) is 6.20 Å². The highest BCUT2D eigenvalue weighted by Gasteiger charge is 2.18. The molecule has 0 amide bonds. The molecule has 21 heavy (non-hydrogen) atoms. The van der Waals surface area contributed by atoms with Crippen molar-refractivity contribution in [1.82, 2.24) is 9.97 Å². The molecule has 0 unspecified atom stereocenters. The maximum atomic E-state index is 11.2. The summed E-state index contributed by atoms with van der Waals surface area (Å²) in [7, 11) is 0. The van der Waals surface area contributed by atoms with Crippen LogP contribution in [0.2, 0.25) is 0 Å². The lowest BCUT2D eigenvalue weighted by atomic mass is 10.0. The summed E-state index contributed by atoms with van der Waals surface area (Å²) >= 11 is 0. The van der Waals surface area contributed by atoms with Gasteiger partial charge >= 0.3 is 5.97 Å². The van der Waals surface area contributed by atoms with E-state index in [-0.39, 0.29) is 11.5 Å². The molecule has 0 aliphatic heterocycles. The first-order chi connectivity index (χ1) is 10.0. The minimum atomic E-state index is -1.01. The number of rotatable bonds is 5. The van der Waals surface area contributed by atoms with Gasteiger partial charge in [0.05, 0.1) is 23.4 Å². The number of benzene rings is 1. The molecule has 1 aromatic carbocycles. The molecule has 0 atom stereocenters. The third-order valence-electron chi connectivity index (χ3n) is 3.02. The van der Waals surface area contributed by atoms with Crippen LogP contribution in [0.1, 0.15) is 42.7 Å². The van der Waals surface area contributed by atoms with E-state index in [4.69, 9.17) is 4.74 Å². The van der Waals surface area contributed by atoms with Crippen LogP contribution in [0, 0.1) is 0 Å². The van der Waals surface area contributed by atoms with E-state index in [1.54, 1.807) is 0 Å². The van der Waals surface area contributed by atoms with Crippen molar-refractivity contribution in [1.29, 1.82) is 0 Å². The molecule has 1 N–H and O–H groups in total. The van der Waals surface area contributed by atoms with Gasteiger partial charge in [-0.05, 0) is 25.0 Å². The molecule has 2 rings (SSSR count). The lowest BCUT2D eigenvalue weighted by Crippen LogP contribution is -2.09. The predicted octanol–water partition coefficient (Wildman–Crippen LogP) is 3.36. The number of carbonyl (C=O) groups is 1. The average molecular weight is 286 g/mol. The highest BCUT2D eigenvalue weighted by molar-refractivity contribution is 5.89. The number of ether oxygens (including phenoxy) is 1. The number of carboxylic acid groups (broad SMARTS) is 1. The van der Waals surface area contributed by atoms with Crippen LogP contribution in [0.3, 0.4) is 0 Å². The van der Waals surface area contributed by atoms with E-state index in [9.17, 15) is 9.90 Å². The molecule has 0 spiro atoms. The zero-order valence-corrected chi connectivity index (χ0v) is 12.3. The number of hydrogen-bond acceptors (Lipinski definition) is 4. The van der Waals surface area contributed by atoms with Crippen molar-refractivity contribution in [2.75, 3.05) is 6.61 Å². The molecule has 5 nitrogen and oxygen atoms in total. The Kier molecular flexibility index (Phi) is 4.52. The largest absolute Gasteiger partial charge is 0.493 e. The fourth-order valence-corrected chi connectivity index (χ4v) is 2.06. The Balaban J connectivity index is 2.55. The Morgan fingerprint density at radius 2 is 2.05 bits per heavy atom. The van der Waals surface area contributed by atoms with Crippen molar-refractivity contribution in [2.45, 2.75) is 26.7 Å². The van der Waals surface area contributed by atoms with E-state index in [1.807, 2.05) is 45.0 Å². The predicted molar refractivity (Wildman–Crippen MR) is 79.7 cm³/mol. The summed E-state index contributed by atoms with van der Waals surface area (Å²) in [5.74, 6) is 0.158. The summed E-state index contributed by atoms with van der Waals surface area (Å²) in [4.78, 5) is 19.9. The molecule has 1 heterocycles. The van der Waals surface area contributed by atoms with Gasteiger partial charge in [0.1, 0.15) is 5.75 Å². The SMILES string of the molecule is CCOc1ccccc1-c1ncc(C(=O)O)c(C(C)C)n1. The summed E-state index contributed by atoms with van der Waals surface area (Å²) in [5.41, 5.74) is 1.43. The van der Waals surface area contributed by atoms with Gasteiger partial charge in [-0.15, -0.1) is 0 Å². The van der Waals surface area contributed by atoms with Gasteiger partial charge in [0.25, 0.3) is 0 Å². The third-order valence-corrected chi connectivity index (χ3v) is 3.02. The second-order valence-electron chi connectivity index (χ2n) is 4.88. The lowest BCUT2D eigenvalue weighted by molar-refractivity contribution is 0.0694. The highest BCUT2D eigenvalue weighted by atomic mass is 16.5. The van der Waals surface area contributed by atoms with E-state index in [0.717, 1.165) is 5.56 Å². The van der Waals surface area contributed by atoms with Crippen molar-refractivity contribution in [3.05, 3.63) is 41.7 Å². The smallest absolute Gasteiger partial charge is 0.339 e. The van der Waals surface area contributed by atoms with Crippen LogP contribution in [0.15, 0.2) is 30.5 Å². The topological polar surface area (TPSA) is 72.3 Å². The van der Waals surface area contributed by atoms with Crippen molar-refractivity contribution >= 4 is 5.97 Å². The fraction of sp³-hybridized carbons (Fsp3) is 0.312. The first kappa shape index (κ1) is 15.0. The van der Waals surface area contributed by atoms with Crippen molar-refractivity contribution in [3.63, 3.8) is 0 Å². The van der Waals surface area contributed by atoms with Gasteiger partial charge in [-0.2, -0.15) is 0 Å². The Morgan fingerprint density at radius 1 is 1.33 bits per heavy atom. The summed E-state index contributed by atoms with van der Waals surface area (Å²) in [6.45, 7) is 6.27. The summed E-state index contributed by atoms with van der Waals surface area (Å²) in [6, 6.07) is 7.47. The molecule has 1 aromatic heterocycles. The van der Waals surface area contributed by atoms with Gasteiger partial charge < -0.3 is 9.84 Å². The Labute approximate surface area is 123 Å². The molecule has 110 valence electrons. The molecule has 0 saturated carbocycles. The third kappa shape index (κ3) is 3.18. The molecule has 0 bridgehead atoms. The molecule has 5 heteroatoms. The van der Waals surface area contributed by atoms with Crippen LogP contribution in [0.5, 0.6) is 5.75 Å². The second kappa shape index (κ2) is 6.35. The normalized spacial score (nSPS) is 10.7. The van der Waals surface area contributed by atoms with Crippen LogP contribution in [0.25, 0.3) is 11.4 Å². The zero-order valence-electron chi connectivity index (χ0n) is 12.3. The number of carboxylic acids is 1. The van der Waals surface area contributed by atoms with E-state index < -0.39 is 5.97 Å². The average Bonchev–Trinajstić information content (AvgIpc) is 2.47. The standard InChI is InChI=1S/C16H18N2O3/c1-4-21-13-8-6-5-7-11(13)15-17-9-12(16(19)20)14(18-15)10(2)3/h5-10H,4H2,1-3H3,(H,19,20). The van der Waals surface area contributed by atoms with Crippen molar-refractivity contribution in [2.24, 2.45) is 0 Å². The minimum Gasteiger partial charge on any atom is -0.493 e. The van der Waals surface area contributed by atoms with Crippen LogP contribution in [0.4, 0.5) is 0 Å². The molecule has 0 saturated heterocycles. The summed E-state index contributed by atoms with van der Waals surface area (Å²) < 4.78 is 5.57. The van der Waals surface area contributed by atoms with Crippen LogP contribution >= 0.6 is 0 Å². The highest BCUT2D eigenvalue weighted by Crippen LogP contribution is 2.28. The Morgan fingerprint density at radius 3 is 2.67 bits per heavy atom. The summed E-state index contributed by atoms with van der Waals surface area (Å²) in [5, 5.41) is 9.21. The van der Waals surface area contributed by atoms with E-state index in [0.29, 0.717) is 23.9 Å². The molecular weight excluding hydrogens is 268 g/mol. The quantitative estimate of drug-likeness (QED) is 0.912. The van der Waals surface area contributed by atoms with Crippen molar-refractivity contribution < 1.29 is 14.6 Å². The van der Waals surface area contributed by atoms with E-state index >= 15 is 0 Å². The van der Waals surface area contributed by atoms with Gasteiger partial charge in [-0.3, -0.25) is 0 Å². The first-order valence-electron chi connectivity index (χ1n) is 6.87. The molecule has 0 aliphatic carbocycles. The molecule has 2 aromatic rings.